The number of rotatable bonds is 6. The zero-order valence-corrected chi connectivity index (χ0v) is 11.4. The Kier molecular flexibility index (Phi) is 6.41. The summed E-state index contributed by atoms with van der Waals surface area (Å²) in [6, 6.07) is 3.79. The smallest absolute Gasteiger partial charge is 0.261 e. The number of halogens is 4. The van der Waals surface area contributed by atoms with Gasteiger partial charge in [-0.15, -0.1) is 0 Å². The highest BCUT2D eigenvalue weighted by Gasteiger charge is 2.10. The first-order valence-electron chi connectivity index (χ1n) is 5.10. The summed E-state index contributed by atoms with van der Waals surface area (Å²) < 4.78 is 41.4. The van der Waals surface area contributed by atoms with E-state index in [4.69, 9.17) is 0 Å². The number of benzene rings is 1. The lowest BCUT2D eigenvalue weighted by molar-refractivity contribution is 0.0188. The third-order valence-electron chi connectivity index (χ3n) is 1.95. The molecule has 1 aromatic carbocycles. The van der Waals surface area contributed by atoms with E-state index in [1.165, 1.54) is 18.2 Å². The van der Waals surface area contributed by atoms with Crippen LogP contribution in [0.4, 0.5) is 13.2 Å². The number of carbonyl (C=O) groups excluding carboxylic acids is 1. The van der Waals surface area contributed by atoms with Crippen molar-refractivity contribution in [1.29, 1.82) is 0 Å². The van der Waals surface area contributed by atoms with E-state index >= 15 is 0 Å². The molecule has 1 N–H and O–H groups in total. The van der Waals surface area contributed by atoms with E-state index in [9.17, 15) is 18.0 Å². The molecule has 0 aromatic heterocycles. The average molecular weight is 373 g/mol. The lowest BCUT2D eigenvalue weighted by Crippen LogP contribution is -2.28. The normalized spacial score (nSPS) is 10.7. The molecular weight excluding hydrogens is 362 g/mol. The average Bonchev–Trinajstić information content (AvgIpc) is 2.27. The fourth-order valence-corrected chi connectivity index (χ4v) is 1.90. The van der Waals surface area contributed by atoms with Crippen LogP contribution in [0.15, 0.2) is 18.2 Å². The largest absolute Gasteiger partial charge is 0.374 e. The molecule has 0 bridgehead atoms. The van der Waals surface area contributed by atoms with Crippen LogP contribution in [0.3, 0.4) is 0 Å². The summed E-state index contributed by atoms with van der Waals surface area (Å²) in [4.78, 5) is 11.6. The van der Waals surface area contributed by atoms with Gasteiger partial charge in [0.25, 0.3) is 12.3 Å². The molecule has 0 saturated carbocycles. The predicted molar refractivity (Wildman–Crippen MR) is 68.3 cm³/mol. The summed E-state index contributed by atoms with van der Waals surface area (Å²) in [6.45, 7) is -0.517. The molecule has 1 aromatic rings. The number of amides is 1. The van der Waals surface area contributed by atoms with Gasteiger partial charge in [0.2, 0.25) is 0 Å². The highest BCUT2D eigenvalue weighted by molar-refractivity contribution is 14.1. The van der Waals surface area contributed by atoms with Crippen molar-refractivity contribution in [3.05, 3.63) is 33.1 Å². The van der Waals surface area contributed by atoms with Crippen LogP contribution in [-0.2, 0) is 4.74 Å². The topological polar surface area (TPSA) is 38.3 Å². The van der Waals surface area contributed by atoms with E-state index < -0.39 is 18.8 Å². The minimum absolute atomic E-state index is 0.00779. The second-order valence-electron chi connectivity index (χ2n) is 3.35. The number of carbonyl (C=O) groups is 1. The Hall–Kier alpha value is -0.830. The fourth-order valence-electron chi connectivity index (χ4n) is 1.18. The van der Waals surface area contributed by atoms with Crippen LogP contribution in [0.1, 0.15) is 10.4 Å². The molecule has 0 atom stereocenters. The van der Waals surface area contributed by atoms with Gasteiger partial charge in [-0.25, -0.2) is 13.2 Å². The SMILES string of the molecule is O=C(NCCOCC(F)F)c1ccc(F)cc1I. The maximum atomic E-state index is 12.8. The minimum atomic E-state index is -2.52. The molecule has 3 nitrogen and oxygen atoms in total. The van der Waals surface area contributed by atoms with Crippen LogP contribution in [0.25, 0.3) is 0 Å². The summed E-state index contributed by atoms with van der Waals surface area (Å²) in [5.41, 5.74) is 0.339. The van der Waals surface area contributed by atoms with E-state index in [1.54, 1.807) is 0 Å². The molecule has 18 heavy (non-hydrogen) atoms. The van der Waals surface area contributed by atoms with Gasteiger partial charge in [0.1, 0.15) is 12.4 Å². The predicted octanol–water partition coefficient (Wildman–Crippen LogP) is 2.44. The number of alkyl halides is 2. The summed E-state index contributed by atoms with van der Waals surface area (Å²) in [7, 11) is 0. The number of ether oxygens (including phenoxy) is 1. The van der Waals surface area contributed by atoms with Gasteiger partial charge in [0, 0.05) is 10.1 Å². The van der Waals surface area contributed by atoms with Crippen molar-refractivity contribution in [1.82, 2.24) is 5.32 Å². The Balaban J connectivity index is 2.36. The monoisotopic (exact) mass is 373 g/mol. The van der Waals surface area contributed by atoms with Crippen LogP contribution in [0.5, 0.6) is 0 Å². The highest BCUT2D eigenvalue weighted by Crippen LogP contribution is 2.13. The zero-order chi connectivity index (χ0) is 13.5. The lowest BCUT2D eigenvalue weighted by atomic mass is 10.2. The van der Waals surface area contributed by atoms with Crippen molar-refractivity contribution in [2.75, 3.05) is 19.8 Å². The van der Waals surface area contributed by atoms with E-state index in [1.807, 2.05) is 22.6 Å². The standard InChI is InChI=1S/C11H11F3INO2/c12-7-1-2-8(9(15)5-7)11(17)16-3-4-18-6-10(13)14/h1-2,5,10H,3-4,6H2,(H,16,17). The first-order valence-corrected chi connectivity index (χ1v) is 6.17. The third-order valence-corrected chi connectivity index (χ3v) is 2.84. The van der Waals surface area contributed by atoms with E-state index in [0.717, 1.165) is 0 Å². The van der Waals surface area contributed by atoms with E-state index in [0.29, 0.717) is 9.13 Å². The Labute approximate surface area is 116 Å². The molecule has 0 heterocycles. The van der Waals surface area contributed by atoms with Gasteiger partial charge >= 0.3 is 0 Å². The summed E-state index contributed by atoms with van der Waals surface area (Å²) >= 11 is 1.85. The molecule has 0 aliphatic rings. The van der Waals surface area contributed by atoms with Gasteiger partial charge in [-0.05, 0) is 40.8 Å². The molecule has 0 unspecified atom stereocenters. The second kappa shape index (κ2) is 7.57. The molecule has 0 aliphatic heterocycles. The van der Waals surface area contributed by atoms with E-state index in [2.05, 4.69) is 10.1 Å². The van der Waals surface area contributed by atoms with Crippen molar-refractivity contribution >= 4 is 28.5 Å². The highest BCUT2D eigenvalue weighted by atomic mass is 127. The molecular formula is C11H11F3INO2. The van der Waals surface area contributed by atoms with Crippen LogP contribution in [0.2, 0.25) is 0 Å². The Morgan fingerprint density at radius 1 is 1.44 bits per heavy atom. The van der Waals surface area contributed by atoms with Crippen molar-refractivity contribution in [3.63, 3.8) is 0 Å². The molecule has 0 fully saturated rings. The van der Waals surface area contributed by atoms with Crippen LogP contribution in [0, 0.1) is 9.39 Å². The number of hydrogen-bond acceptors (Lipinski definition) is 2. The first kappa shape index (κ1) is 15.2. The van der Waals surface area contributed by atoms with Crippen LogP contribution >= 0.6 is 22.6 Å². The first-order chi connectivity index (χ1) is 8.50. The summed E-state index contributed by atoms with van der Waals surface area (Å²) in [5, 5.41) is 2.50. The summed E-state index contributed by atoms with van der Waals surface area (Å²) in [5.74, 6) is -0.809. The van der Waals surface area contributed by atoms with Crippen LogP contribution < -0.4 is 5.32 Å². The Bertz CT molecular complexity index is 415. The van der Waals surface area contributed by atoms with Gasteiger partial charge in [0.05, 0.1) is 12.2 Å². The summed E-state index contributed by atoms with van der Waals surface area (Å²) in [6.07, 6.45) is -2.52. The molecule has 0 spiro atoms. The van der Waals surface area contributed by atoms with Gasteiger partial charge < -0.3 is 10.1 Å². The Morgan fingerprint density at radius 3 is 2.78 bits per heavy atom. The van der Waals surface area contributed by atoms with Gasteiger partial charge in [-0.1, -0.05) is 0 Å². The molecule has 1 amide bonds. The number of hydrogen-bond donors (Lipinski definition) is 1. The van der Waals surface area contributed by atoms with Crippen molar-refractivity contribution in [2.45, 2.75) is 6.43 Å². The molecule has 0 radical (unpaired) electrons. The number of nitrogens with one attached hydrogen (secondary N) is 1. The molecule has 1 rings (SSSR count). The third kappa shape index (κ3) is 5.21. The van der Waals surface area contributed by atoms with Gasteiger partial charge in [-0.3, -0.25) is 4.79 Å². The van der Waals surface area contributed by atoms with E-state index in [-0.39, 0.29) is 19.1 Å². The minimum Gasteiger partial charge on any atom is -0.374 e. The Morgan fingerprint density at radius 2 is 2.17 bits per heavy atom. The quantitative estimate of drug-likeness (QED) is 0.615. The lowest BCUT2D eigenvalue weighted by Gasteiger charge is -2.07. The molecule has 7 heteroatoms. The zero-order valence-electron chi connectivity index (χ0n) is 9.26. The second-order valence-corrected chi connectivity index (χ2v) is 4.51. The molecule has 100 valence electrons. The fraction of sp³-hybridized carbons (Fsp3) is 0.364. The molecule has 0 saturated heterocycles. The van der Waals surface area contributed by atoms with Gasteiger partial charge in [0.15, 0.2) is 0 Å². The van der Waals surface area contributed by atoms with Crippen LogP contribution in [-0.4, -0.2) is 32.1 Å². The maximum Gasteiger partial charge on any atom is 0.261 e. The van der Waals surface area contributed by atoms with Crippen molar-refractivity contribution in [3.8, 4) is 0 Å². The van der Waals surface area contributed by atoms with Crippen molar-refractivity contribution in [2.24, 2.45) is 0 Å². The van der Waals surface area contributed by atoms with Gasteiger partial charge in [-0.2, -0.15) is 0 Å². The molecule has 0 aliphatic carbocycles. The van der Waals surface area contributed by atoms with Crippen molar-refractivity contribution < 1.29 is 22.7 Å². The maximum absolute atomic E-state index is 12.8.